The fraction of sp³-hybridized carbons (Fsp3) is 0.211. The molecule has 1 aliphatic carbocycles. The summed E-state index contributed by atoms with van der Waals surface area (Å²) in [7, 11) is 0. The van der Waals surface area contributed by atoms with Crippen LogP contribution in [0.3, 0.4) is 0 Å². The summed E-state index contributed by atoms with van der Waals surface area (Å²) in [6.07, 6.45) is 8.00. The Morgan fingerprint density at radius 3 is 2.92 bits per heavy atom. The van der Waals surface area contributed by atoms with Crippen molar-refractivity contribution in [1.82, 2.24) is 15.0 Å². The molecule has 0 radical (unpaired) electrons. The predicted octanol–water partition coefficient (Wildman–Crippen LogP) is 3.53. The van der Waals surface area contributed by atoms with Crippen molar-refractivity contribution in [2.45, 2.75) is 25.2 Å². The van der Waals surface area contributed by atoms with Crippen LogP contribution in [-0.4, -0.2) is 15.0 Å². The highest BCUT2D eigenvalue weighted by atomic mass is 19.1. The van der Waals surface area contributed by atoms with Gasteiger partial charge in [-0.1, -0.05) is 12.1 Å². The van der Waals surface area contributed by atoms with E-state index in [1.165, 1.54) is 6.07 Å². The molecule has 0 bridgehead atoms. The molecule has 1 unspecified atom stereocenters. The van der Waals surface area contributed by atoms with Gasteiger partial charge in [0, 0.05) is 29.8 Å². The average molecular weight is 320 g/mol. The molecule has 2 N–H and O–H groups in total. The van der Waals surface area contributed by atoms with Crippen molar-refractivity contribution in [3.63, 3.8) is 0 Å². The lowest BCUT2D eigenvalue weighted by molar-refractivity contribution is 0.569. The summed E-state index contributed by atoms with van der Waals surface area (Å²) < 4.78 is 13.8. The van der Waals surface area contributed by atoms with E-state index < -0.39 is 0 Å². The Kier molecular flexibility index (Phi) is 3.69. The quantitative estimate of drug-likeness (QED) is 0.784. The van der Waals surface area contributed by atoms with Crippen LogP contribution in [0.25, 0.3) is 11.1 Å². The van der Waals surface area contributed by atoms with Crippen LogP contribution >= 0.6 is 0 Å². The Morgan fingerprint density at radius 1 is 1.17 bits per heavy atom. The lowest BCUT2D eigenvalue weighted by Crippen LogP contribution is -2.16. The summed E-state index contributed by atoms with van der Waals surface area (Å²) in [5.74, 6) is 0.351. The topological polar surface area (TPSA) is 64.7 Å². The van der Waals surface area contributed by atoms with Gasteiger partial charge in [-0.2, -0.15) is 0 Å². The van der Waals surface area contributed by atoms with Gasteiger partial charge in [-0.25, -0.2) is 14.4 Å². The number of hydrogen-bond donors (Lipinski definition) is 1. The molecular weight excluding hydrogens is 303 g/mol. The smallest absolute Gasteiger partial charge is 0.220 e. The first-order valence-corrected chi connectivity index (χ1v) is 8.01. The molecule has 4 rings (SSSR count). The van der Waals surface area contributed by atoms with Crippen molar-refractivity contribution in [1.29, 1.82) is 0 Å². The van der Waals surface area contributed by atoms with Gasteiger partial charge in [0.2, 0.25) is 5.95 Å². The Hall–Kier alpha value is -2.82. The molecule has 120 valence electrons. The number of halogens is 1. The van der Waals surface area contributed by atoms with Gasteiger partial charge < -0.3 is 5.73 Å². The normalized spacial score (nSPS) is 16.6. The molecule has 2 aromatic heterocycles. The van der Waals surface area contributed by atoms with Gasteiger partial charge in [-0.05, 0) is 60.1 Å². The summed E-state index contributed by atoms with van der Waals surface area (Å²) >= 11 is 0. The number of fused-ring (bicyclic) bond motifs is 1. The zero-order valence-corrected chi connectivity index (χ0v) is 13.1. The highest BCUT2D eigenvalue weighted by Crippen LogP contribution is 2.37. The van der Waals surface area contributed by atoms with Gasteiger partial charge in [0.05, 0.1) is 0 Å². The third-order valence-corrected chi connectivity index (χ3v) is 4.60. The van der Waals surface area contributed by atoms with Gasteiger partial charge >= 0.3 is 0 Å². The van der Waals surface area contributed by atoms with Gasteiger partial charge in [-0.15, -0.1) is 0 Å². The molecule has 1 atom stereocenters. The minimum Gasteiger partial charge on any atom is -0.368 e. The Labute approximate surface area is 139 Å². The zero-order chi connectivity index (χ0) is 16.5. The maximum Gasteiger partial charge on any atom is 0.220 e. The van der Waals surface area contributed by atoms with Crippen molar-refractivity contribution in [2.24, 2.45) is 0 Å². The summed E-state index contributed by atoms with van der Waals surface area (Å²) in [6, 6.07) is 8.84. The molecule has 24 heavy (non-hydrogen) atoms. The van der Waals surface area contributed by atoms with Crippen molar-refractivity contribution in [3.05, 3.63) is 71.6 Å². The van der Waals surface area contributed by atoms with Gasteiger partial charge in [0.15, 0.2) is 0 Å². The van der Waals surface area contributed by atoms with Gasteiger partial charge in [0.1, 0.15) is 5.82 Å². The van der Waals surface area contributed by atoms with Crippen LogP contribution in [0.15, 0.2) is 48.9 Å². The molecule has 0 aliphatic heterocycles. The number of hydrogen-bond acceptors (Lipinski definition) is 4. The van der Waals surface area contributed by atoms with E-state index in [-0.39, 0.29) is 11.7 Å². The van der Waals surface area contributed by atoms with Crippen LogP contribution in [0.1, 0.15) is 29.2 Å². The number of pyridine rings is 1. The molecule has 4 nitrogen and oxygen atoms in total. The Morgan fingerprint density at radius 2 is 2.08 bits per heavy atom. The standard InChI is InChI=1S/C19H17FN4/c20-15-5-6-16(17(9-15)13-2-1-7-22-10-13)12-3-4-14-11-23-19(21)24-18(14)8-12/h1-2,5-7,9-12H,3-4,8H2,(H2,21,23,24). The number of benzene rings is 1. The molecule has 0 saturated carbocycles. The summed E-state index contributed by atoms with van der Waals surface area (Å²) in [6.45, 7) is 0. The van der Waals surface area contributed by atoms with Crippen LogP contribution < -0.4 is 5.73 Å². The predicted molar refractivity (Wildman–Crippen MR) is 90.8 cm³/mol. The van der Waals surface area contributed by atoms with Crippen LogP contribution in [0.4, 0.5) is 10.3 Å². The minimum atomic E-state index is -0.236. The van der Waals surface area contributed by atoms with Crippen LogP contribution in [0.2, 0.25) is 0 Å². The molecule has 0 amide bonds. The maximum absolute atomic E-state index is 13.8. The maximum atomic E-state index is 13.8. The Bertz CT molecular complexity index is 880. The molecule has 0 fully saturated rings. The average Bonchev–Trinajstić information content (AvgIpc) is 2.62. The van der Waals surface area contributed by atoms with Crippen LogP contribution in [-0.2, 0) is 12.8 Å². The first-order valence-electron chi connectivity index (χ1n) is 8.01. The monoisotopic (exact) mass is 320 g/mol. The van der Waals surface area contributed by atoms with Crippen LogP contribution in [0.5, 0.6) is 0 Å². The Balaban J connectivity index is 1.75. The van der Waals surface area contributed by atoms with Crippen LogP contribution in [0, 0.1) is 5.82 Å². The fourth-order valence-electron chi connectivity index (χ4n) is 3.43. The third-order valence-electron chi connectivity index (χ3n) is 4.60. The number of aryl methyl sites for hydroxylation is 1. The number of nitrogens with two attached hydrogens (primary N) is 1. The number of anilines is 1. The van der Waals surface area contributed by atoms with E-state index in [0.29, 0.717) is 5.95 Å². The van der Waals surface area contributed by atoms with Crippen molar-refractivity contribution in [3.8, 4) is 11.1 Å². The highest BCUT2D eigenvalue weighted by Gasteiger charge is 2.24. The number of aromatic nitrogens is 3. The number of nitrogen functional groups attached to an aromatic ring is 1. The SMILES string of the molecule is Nc1ncc2c(n1)CC(c1ccc(F)cc1-c1cccnc1)CC2. The molecule has 2 heterocycles. The first kappa shape index (κ1) is 14.8. The van der Waals surface area contributed by atoms with E-state index >= 15 is 0 Å². The second kappa shape index (κ2) is 6.00. The molecule has 1 aromatic carbocycles. The second-order valence-electron chi connectivity index (χ2n) is 6.11. The largest absolute Gasteiger partial charge is 0.368 e. The molecule has 5 heteroatoms. The number of nitrogens with zero attached hydrogens (tertiary/aromatic N) is 3. The first-order chi connectivity index (χ1) is 11.7. The minimum absolute atomic E-state index is 0.236. The summed E-state index contributed by atoms with van der Waals surface area (Å²) in [5, 5.41) is 0. The molecule has 0 spiro atoms. The summed E-state index contributed by atoms with van der Waals surface area (Å²) in [5.41, 5.74) is 10.8. The third kappa shape index (κ3) is 2.73. The highest BCUT2D eigenvalue weighted by molar-refractivity contribution is 5.67. The van der Waals surface area contributed by atoms with E-state index in [1.54, 1.807) is 18.5 Å². The summed E-state index contributed by atoms with van der Waals surface area (Å²) in [4.78, 5) is 12.6. The molecule has 1 aliphatic rings. The van der Waals surface area contributed by atoms with E-state index in [9.17, 15) is 4.39 Å². The fourth-order valence-corrected chi connectivity index (χ4v) is 3.43. The van der Waals surface area contributed by atoms with Crippen molar-refractivity contribution >= 4 is 5.95 Å². The lowest BCUT2D eigenvalue weighted by Gasteiger charge is -2.26. The van der Waals surface area contributed by atoms with E-state index in [1.807, 2.05) is 24.4 Å². The number of rotatable bonds is 2. The van der Waals surface area contributed by atoms with Gasteiger partial charge in [0.25, 0.3) is 0 Å². The van der Waals surface area contributed by atoms with E-state index in [0.717, 1.165) is 47.2 Å². The molecule has 0 saturated heterocycles. The van der Waals surface area contributed by atoms with Crippen molar-refractivity contribution < 1.29 is 4.39 Å². The lowest BCUT2D eigenvalue weighted by atomic mass is 9.80. The van der Waals surface area contributed by atoms with Gasteiger partial charge in [-0.3, -0.25) is 4.98 Å². The van der Waals surface area contributed by atoms with Crippen molar-refractivity contribution in [2.75, 3.05) is 5.73 Å². The second-order valence-corrected chi connectivity index (χ2v) is 6.11. The zero-order valence-electron chi connectivity index (χ0n) is 13.1. The molecule has 3 aromatic rings. The van der Waals surface area contributed by atoms with E-state index in [2.05, 4.69) is 15.0 Å². The molecular formula is C19H17FN4. The van der Waals surface area contributed by atoms with E-state index in [4.69, 9.17) is 5.73 Å².